The molecule has 9 aliphatic rings. The normalized spacial score (nSPS) is 32.5. The van der Waals surface area contributed by atoms with Crippen molar-refractivity contribution in [2.45, 2.75) is 165 Å². The van der Waals surface area contributed by atoms with Crippen LogP contribution in [0.2, 0.25) is 0 Å². The first-order valence-corrected chi connectivity index (χ1v) is 28.4. The molecule has 2 heterocycles. The van der Waals surface area contributed by atoms with Gasteiger partial charge >= 0.3 is 18.0 Å². The van der Waals surface area contributed by atoms with E-state index >= 15 is 0 Å². The summed E-state index contributed by atoms with van der Waals surface area (Å²) >= 11 is 0. The molecule has 2 aliphatic heterocycles. The van der Waals surface area contributed by atoms with Crippen molar-refractivity contribution >= 4 is 64.8 Å². The van der Waals surface area contributed by atoms with E-state index in [9.17, 15) is 63.3 Å². The Morgan fingerprint density at radius 3 is 2.20 bits per heavy atom. The predicted molar refractivity (Wildman–Crippen MR) is 287 cm³/mol. The molecule has 7 N–H and O–H groups in total. The molecule has 10 atom stereocenters. The number of fused-ring (bicyclic) bond motifs is 10. The fraction of sp³-hybridized carbons (Fsp3) is 0.567. The average Bonchev–Trinajstić information content (AvgIpc) is 1.96. The zero-order valence-electron chi connectivity index (χ0n) is 46.0. The molecule has 0 aromatic heterocycles. The number of allylic oxidation sites excluding steroid dienone is 4. The maximum Gasteiger partial charge on any atom is 0.407 e. The molecular weight excluding hydrogens is 1060 g/mol. The molecule has 8 fully saturated rings. The Morgan fingerprint density at radius 1 is 0.841 bits per heavy atom. The minimum Gasteiger partial charge on any atom is -0.481 e. The lowest BCUT2D eigenvalue weighted by atomic mass is 9.46. The molecule has 0 spiro atoms. The smallest absolute Gasteiger partial charge is 0.407 e. The zero-order valence-corrected chi connectivity index (χ0v) is 46.0. The van der Waals surface area contributed by atoms with Crippen LogP contribution in [0.4, 0.5) is 10.5 Å². The van der Waals surface area contributed by atoms with Gasteiger partial charge in [-0.05, 0) is 130 Å². The molecule has 6 saturated carbocycles. The topological polar surface area (TPSA) is 320 Å². The van der Waals surface area contributed by atoms with Gasteiger partial charge in [-0.1, -0.05) is 61.9 Å². The fourth-order valence-electron chi connectivity index (χ4n) is 15.2. The number of ketones is 2. The van der Waals surface area contributed by atoms with Gasteiger partial charge in [0.05, 0.1) is 25.2 Å². The Morgan fingerprint density at radius 2 is 1.52 bits per heavy atom. The first-order valence-electron chi connectivity index (χ1n) is 28.4. The highest BCUT2D eigenvalue weighted by Crippen LogP contribution is 2.70. The first kappa shape index (κ1) is 58.1. The quantitative estimate of drug-likeness (QED) is 0.0888. The third-order valence-electron chi connectivity index (χ3n) is 19.5. The number of carbonyl (C=O) groups excluding carboxylic acids is 9. The molecule has 2 aromatic carbocycles. The number of carboxylic acid groups (broad SMARTS) is 1. The van der Waals surface area contributed by atoms with E-state index in [0.717, 1.165) is 74.5 Å². The van der Waals surface area contributed by atoms with Crippen molar-refractivity contribution in [2.24, 2.45) is 34.0 Å². The number of carbonyl (C=O) groups is 10. The summed E-state index contributed by atoms with van der Waals surface area (Å²) in [6, 6.07) is 13.3. The molecule has 2 aromatic rings. The SMILES string of the molecule is C[C@]12C=CC(=O)C=C1CC[C@@H]1[C@@H]2[C@@H](O)C[C@@]2(C)[C@H]1C[C@H]1OC(c3ccc(CC45CCC(NC(=O)OCc6ccc(NC(=O)[C@H](CCC(=O)O)NC(=O)CNC(=O)CCC(=O)ON7C(=O)CCC7=O)cc6)(CC4)CC5)cc3)O[C@]12C(=O)CO. The molecule has 2 bridgehead atoms. The van der Waals surface area contributed by atoms with Crippen LogP contribution in [0.15, 0.2) is 72.3 Å². The molecule has 22 nitrogen and oxygen atoms in total. The van der Waals surface area contributed by atoms with E-state index in [1.807, 2.05) is 25.1 Å². The Hall–Kier alpha value is -7.14. The van der Waals surface area contributed by atoms with Gasteiger partial charge in [-0.3, -0.25) is 38.4 Å². The maximum atomic E-state index is 14.1. The summed E-state index contributed by atoms with van der Waals surface area (Å²) < 4.78 is 19.2. The number of imide groups is 1. The van der Waals surface area contributed by atoms with Crippen molar-refractivity contribution in [2.75, 3.05) is 18.5 Å². The van der Waals surface area contributed by atoms with Gasteiger partial charge in [-0.15, -0.1) is 5.06 Å². The van der Waals surface area contributed by atoms with Crippen molar-refractivity contribution in [1.29, 1.82) is 0 Å². The lowest BCUT2D eigenvalue weighted by Gasteiger charge is -2.59. The molecule has 22 heteroatoms. The second kappa shape index (κ2) is 22.9. The monoisotopic (exact) mass is 1130 g/mol. The number of carboxylic acids is 1. The number of rotatable bonds is 20. The number of hydrogen-bond donors (Lipinski definition) is 7. The number of nitrogens with zero attached hydrogens (tertiary/aromatic N) is 1. The van der Waals surface area contributed by atoms with Gasteiger partial charge in [0.2, 0.25) is 17.7 Å². The maximum absolute atomic E-state index is 14.1. The van der Waals surface area contributed by atoms with Crippen molar-refractivity contribution in [1.82, 2.24) is 21.0 Å². The average molecular weight is 1130 g/mol. The number of aliphatic carboxylic acids is 1. The summed E-state index contributed by atoms with van der Waals surface area (Å²) in [6.07, 6.45) is 9.04. The number of Topliss-reactive ketones (excluding diaryl/α,β-unsaturated/α-hetero) is 1. The van der Waals surface area contributed by atoms with E-state index in [4.69, 9.17) is 19.0 Å². The highest BCUT2D eigenvalue weighted by molar-refractivity contribution is 6.02. The summed E-state index contributed by atoms with van der Waals surface area (Å²) in [7, 11) is 0. The van der Waals surface area contributed by atoms with Crippen LogP contribution in [0, 0.1) is 34.0 Å². The Balaban J connectivity index is 0.665. The standard InChI is InChI=1S/C60H71N5O17/c1-56-20-19-39(67)27-37(56)9-12-40-41-28-45-60(44(69)32-66,57(41,2)30-43(68)52(40)56)81-54(80-45)36-7-3-34(4-8-36)29-58-21-24-59(25-22-58,26-23-58)64-55(78)79-33-35-5-10-38(11-6-35)62-53(77)42(13-17-50(74)75)63-47(71)31-61-46(70)14-18-51(76)82-65-48(72)15-16-49(65)73/h3-8,10-11,19-20,27,40-43,45,52,54,66,68H,9,12-18,21-26,28-33H2,1-2H3,(H,61,70)(H,62,77)(H,63,71)(H,64,78)(H,74,75)/t40-,41-,42-,43-,45+,52+,54?,56-,57-,58?,59?,60+/m0/s1. The van der Waals surface area contributed by atoms with E-state index in [-0.39, 0.29) is 54.8 Å². The molecule has 438 valence electrons. The van der Waals surface area contributed by atoms with E-state index in [2.05, 4.69) is 40.3 Å². The second-order valence-electron chi connectivity index (χ2n) is 24.3. The number of benzene rings is 2. The lowest BCUT2D eigenvalue weighted by Crippen LogP contribution is -2.63. The van der Waals surface area contributed by atoms with Gasteiger partial charge in [0, 0.05) is 59.2 Å². The van der Waals surface area contributed by atoms with Crippen molar-refractivity contribution < 1.29 is 82.3 Å². The van der Waals surface area contributed by atoms with Crippen molar-refractivity contribution in [3.8, 4) is 0 Å². The highest BCUT2D eigenvalue weighted by Gasteiger charge is 2.76. The summed E-state index contributed by atoms with van der Waals surface area (Å²) in [5, 5.41) is 42.6. The second-order valence-corrected chi connectivity index (χ2v) is 24.3. The number of ether oxygens (including phenoxy) is 3. The fourth-order valence-corrected chi connectivity index (χ4v) is 15.2. The van der Waals surface area contributed by atoms with Gasteiger partial charge in [0.25, 0.3) is 11.8 Å². The van der Waals surface area contributed by atoms with E-state index in [1.165, 1.54) is 0 Å². The minimum atomic E-state index is -1.44. The molecule has 6 amide bonds. The number of anilines is 1. The van der Waals surface area contributed by atoms with Crippen LogP contribution in [-0.4, -0.2) is 122 Å². The summed E-state index contributed by atoms with van der Waals surface area (Å²) in [5.74, 6) is -6.37. The Kier molecular flexibility index (Phi) is 16.2. The van der Waals surface area contributed by atoms with Crippen LogP contribution in [0.3, 0.4) is 0 Å². The van der Waals surface area contributed by atoms with Crippen LogP contribution in [0.1, 0.15) is 140 Å². The Bertz CT molecular complexity index is 2950. The van der Waals surface area contributed by atoms with Gasteiger partial charge < -0.3 is 55.6 Å². The van der Waals surface area contributed by atoms with Gasteiger partial charge in [0.15, 0.2) is 23.5 Å². The largest absolute Gasteiger partial charge is 0.481 e. The van der Waals surface area contributed by atoms with E-state index < -0.39 is 132 Å². The zero-order chi connectivity index (χ0) is 58.4. The van der Waals surface area contributed by atoms with Crippen LogP contribution in [0.5, 0.6) is 0 Å². The van der Waals surface area contributed by atoms with Crippen LogP contribution < -0.4 is 21.3 Å². The number of hydrogen-bond acceptors (Lipinski definition) is 16. The number of hydroxylamine groups is 2. The molecule has 11 rings (SSSR count). The molecule has 2 saturated heterocycles. The van der Waals surface area contributed by atoms with Crippen molar-refractivity contribution in [3.63, 3.8) is 0 Å². The van der Waals surface area contributed by atoms with E-state index in [1.54, 1.807) is 36.4 Å². The molecular formula is C60H71N5O17. The summed E-state index contributed by atoms with van der Waals surface area (Å²) in [5.41, 5.74) is 0.875. The van der Waals surface area contributed by atoms with Gasteiger partial charge in [-0.2, -0.15) is 0 Å². The number of aliphatic hydroxyl groups excluding tert-OH is 2. The third kappa shape index (κ3) is 11.3. The highest BCUT2D eigenvalue weighted by atomic mass is 16.7. The molecule has 0 radical (unpaired) electrons. The number of amides is 6. The number of alkyl carbamates (subject to hydrolysis) is 1. The minimum absolute atomic E-state index is 0.00470. The molecule has 7 aliphatic carbocycles. The lowest BCUT2D eigenvalue weighted by molar-refractivity contribution is -0.201. The first-order chi connectivity index (χ1) is 39.1. The van der Waals surface area contributed by atoms with Crippen molar-refractivity contribution in [3.05, 3.63) is 89.0 Å². The summed E-state index contributed by atoms with van der Waals surface area (Å²) in [6.45, 7) is 2.78. The van der Waals surface area contributed by atoms with Gasteiger partial charge in [0.1, 0.15) is 19.3 Å². The van der Waals surface area contributed by atoms with Crippen LogP contribution in [0.25, 0.3) is 0 Å². The van der Waals surface area contributed by atoms with Gasteiger partial charge in [-0.25, -0.2) is 9.59 Å². The molecule has 82 heavy (non-hydrogen) atoms. The van der Waals surface area contributed by atoms with Crippen LogP contribution in [-0.2, 0) is 75.2 Å². The Labute approximate surface area is 473 Å². The van der Waals surface area contributed by atoms with Crippen LogP contribution >= 0.6 is 0 Å². The third-order valence-corrected chi connectivity index (χ3v) is 19.5. The number of aliphatic hydroxyl groups is 2. The molecule has 1 unspecified atom stereocenters. The number of nitrogens with one attached hydrogen (secondary N) is 4. The van der Waals surface area contributed by atoms with E-state index in [0.29, 0.717) is 29.2 Å². The summed E-state index contributed by atoms with van der Waals surface area (Å²) in [4.78, 5) is 129. The predicted octanol–water partition coefficient (Wildman–Crippen LogP) is 4.64.